The fourth-order valence-corrected chi connectivity index (χ4v) is 2.76. The number of hydrogen-bond donors (Lipinski definition) is 1. The summed E-state index contributed by atoms with van der Waals surface area (Å²) >= 11 is 3.29. The summed E-state index contributed by atoms with van der Waals surface area (Å²) in [4.78, 5) is 4.04. The molecule has 1 rings (SSSR count). The first-order chi connectivity index (χ1) is 8.67. The third-order valence-corrected chi connectivity index (χ3v) is 5.30. The van der Waals surface area contributed by atoms with Crippen molar-refractivity contribution in [3.8, 4) is 0 Å². The van der Waals surface area contributed by atoms with Gasteiger partial charge in [0.15, 0.2) is 0 Å². The molecule has 1 atom stereocenters. The van der Waals surface area contributed by atoms with E-state index in [1.54, 1.807) is 45.2 Å². The summed E-state index contributed by atoms with van der Waals surface area (Å²) in [5.41, 5.74) is 0.856. The topological polar surface area (TPSA) is 59.1 Å². The van der Waals surface area contributed by atoms with Gasteiger partial charge >= 0.3 is 0 Å². The lowest BCUT2D eigenvalue weighted by Gasteiger charge is -2.25. The maximum absolute atomic E-state index is 12.2. The molecule has 0 aromatic carbocycles. The molecule has 0 aliphatic heterocycles. The fourth-order valence-electron chi connectivity index (χ4n) is 1.42. The Bertz CT molecular complexity index is 550. The molecule has 19 heavy (non-hydrogen) atoms. The van der Waals surface area contributed by atoms with E-state index in [0.29, 0.717) is 11.0 Å². The number of halogens is 1. The quantitative estimate of drug-likeness (QED) is 0.657. The van der Waals surface area contributed by atoms with Gasteiger partial charge in [0.25, 0.3) is 0 Å². The van der Waals surface area contributed by atoms with Crippen LogP contribution in [0.2, 0.25) is 0 Å². The second-order valence-electron chi connectivity index (χ2n) is 5.22. The van der Waals surface area contributed by atoms with Crippen molar-refractivity contribution in [1.82, 2.24) is 9.71 Å². The first-order valence-electron chi connectivity index (χ1n) is 5.91. The lowest BCUT2D eigenvalue weighted by atomic mass is 10.1. The van der Waals surface area contributed by atoms with Crippen LogP contribution in [0.1, 0.15) is 38.8 Å². The zero-order valence-corrected chi connectivity index (χ0v) is 13.8. The zero-order valence-electron chi connectivity index (χ0n) is 11.4. The molecular formula is C13H19BrN2O2S. The van der Waals surface area contributed by atoms with Crippen molar-refractivity contribution >= 4 is 26.0 Å². The van der Waals surface area contributed by atoms with Crippen molar-refractivity contribution in [3.63, 3.8) is 0 Å². The van der Waals surface area contributed by atoms with Gasteiger partial charge in [-0.1, -0.05) is 6.08 Å². The second kappa shape index (κ2) is 6.15. The number of rotatable bonds is 5. The van der Waals surface area contributed by atoms with Gasteiger partial charge in [0.1, 0.15) is 4.60 Å². The second-order valence-corrected chi connectivity index (χ2v) is 8.50. The molecule has 106 valence electrons. The van der Waals surface area contributed by atoms with Crippen molar-refractivity contribution in [3.05, 3.63) is 41.2 Å². The molecule has 0 fully saturated rings. The van der Waals surface area contributed by atoms with Gasteiger partial charge in [0.05, 0.1) is 10.8 Å². The highest BCUT2D eigenvalue weighted by molar-refractivity contribution is 9.10. The molecule has 1 aromatic rings. The Morgan fingerprint density at radius 3 is 2.63 bits per heavy atom. The van der Waals surface area contributed by atoms with Crippen LogP contribution in [0.15, 0.2) is 35.6 Å². The molecule has 1 heterocycles. The van der Waals surface area contributed by atoms with E-state index in [-0.39, 0.29) is 6.04 Å². The van der Waals surface area contributed by atoms with E-state index in [4.69, 9.17) is 0 Å². The predicted octanol–water partition coefficient (Wildman–Crippen LogP) is 3.18. The van der Waals surface area contributed by atoms with Crippen molar-refractivity contribution in [1.29, 1.82) is 0 Å². The number of pyridine rings is 1. The monoisotopic (exact) mass is 346 g/mol. The van der Waals surface area contributed by atoms with Crippen molar-refractivity contribution < 1.29 is 8.42 Å². The van der Waals surface area contributed by atoms with Gasteiger partial charge in [0, 0.05) is 6.20 Å². The number of hydrogen-bond acceptors (Lipinski definition) is 3. The summed E-state index contributed by atoms with van der Waals surface area (Å²) in [7, 11) is -3.41. The van der Waals surface area contributed by atoms with Crippen LogP contribution in [0.25, 0.3) is 0 Å². The van der Waals surface area contributed by atoms with Gasteiger partial charge in [-0.25, -0.2) is 18.1 Å². The van der Waals surface area contributed by atoms with Crippen molar-refractivity contribution in [2.24, 2.45) is 0 Å². The summed E-state index contributed by atoms with van der Waals surface area (Å²) in [5, 5.41) is 0. The highest BCUT2D eigenvalue weighted by Crippen LogP contribution is 2.23. The average Bonchev–Trinajstić information content (AvgIpc) is 2.26. The Balaban J connectivity index is 3.07. The normalized spacial score (nSPS) is 14.1. The number of nitrogens with zero attached hydrogens (tertiary/aromatic N) is 1. The summed E-state index contributed by atoms with van der Waals surface area (Å²) in [6, 6.07) is 3.27. The van der Waals surface area contributed by atoms with Gasteiger partial charge < -0.3 is 0 Å². The van der Waals surface area contributed by atoms with Gasteiger partial charge in [-0.3, -0.25) is 0 Å². The first kappa shape index (κ1) is 16.3. The van der Waals surface area contributed by atoms with E-state index in [0.717, 1.165) is 5.56 Å². The minimum atomic E-state index is -3.41. The highest BCUT2D eigenvalue weighted by atomic mass is 79.9. The lowest BCUT2D eigenvalue weighted by Crippen LogP contribution is -2.41. The van der Waals surface area contributed by atoms with E-state index in [2.05, 4.69) is 32.2 Å². The molecule has 1 aromatic heterocycles. The van der Waals surface area contributed by atoms with Crippen LogP contribution in [-0.4, -0.2) is 18.1 Å². The zero-order chi connectivity index (χ0) is 14.7. The molecule has 0 radical (unpaired) electrons. The third kappa shape index (κ3) is 4.40. The van der Waals surface area contributed by atoms with Gasteiger partial charge in [-0.15, -0.1) is 6.58 Å². The van der Waals surface area contributed by atoms with E-state index < -0.39 is 14.8 Å². The minimum Gasteiger partial charge on any atom is -0.249 e. The summed E-state index contributed by atoms with van der Waals surface area (Å²) in [6.07, 6.45) is 3.86. The maximum Gasteiger partial charge on any atom is 0.217 e. The average molecular weight is 347 g/mol. The molecule has 4 nitrogen and oxygen atoms in total. The highest BCUT2D eigenvalue weighted by Gasteiger charge is 2.31. The third-order valence-electron chi connectivity index (χ3n) is 2.66. The van der Waals surface area contributed by atoms with Gasteiger partial charge in [-0.05, 0) is 60.8 Å². The van der Waals surface area contributed by atoms with Crippen LogP contribution in [0.5, 0.6) is 0 Å². The largest absolute Gasteiger partial charge is 0.249 e. The Hall–Kier alpha value is -0.720. The van der Waals surface area contributed by atoms with Crippen molar-refractivity contribution in [2.45, 2.75) is 38.0 Å². The maximum atomic E-state index is 12.2. The molecule has 0 aliphatic rings. The van der Waals surface area contributed by atoms with E-state index in [1.165, 1.54) is 0 Å². The van der Waals surface area contributed by atoms with E-state index in [9.17, 15) is 8.42 Å². The van der Waals surface area contributed by atoms with Gasteiger partial charge in [-0.2, -0.15) is 0 Å². The Morgan fingerprint density at radius 1 is 1.53 bits per heavy atom. The Kier molecular flexibility index (Phi) is 5.29. The number of sulfonamides is 1. The minimum absolute atomic E-state index is 0.332. The van der Waals surface area contributed by atoms with E-state index in [1.807, 2.05) is 0 Å². The number of nitrogens with one attached hydrogen (secondary N) is 1. The lowest BCUT2D eigenvalue weighted by molar-refractivity contribution is 0.524. The molecule has 0 unspecified atom stereocenters. The molecule has 6 heteroatoms. The van der Waals surface area contributed by atoms with Crippen molar-refractivity contribution in [2.75, 3.05) is 0 Å². The predicted molar refractivity (Wildman–Crippen MR) is 81.3 cm³/mol. The summed E-state index contributed by atoms with van der Waals surface area (Å²) < 4.78 is 27.0. The van der Waals surface area contributed by atoms with Gasteiger partial charge in [0.2, 0.25) is 10.0 Å². The van der Waals surface area contributed by atoms with Crippen LogP contribution >= 0.6 is 15.9 Å². The van der Waals surface area contributed by atoms with Crippen LogP contribution in [0, 0.1) is 0 Å². The van der Waals surface area contributed by atoms with Crippen LogP contribution < -0.4 is 4.72 Å². The molecule has 0 bridgehead atoms. The molecule has 0 amide bonds. The summed E-state index contributed by atoms with van der Waals surface area (Å²) in [5.74, 6) is 0. The molecule has 1 N–H and O–H groups in total. The standard InChI is InChI=1S/C13H19BrN2O2S/c1-5-6-11(10-7-8-15-12(14)9-10)16-19(17,18)13(2,3)4/h5,7-9,11,16H,1,6H2,2-4H3/t11-/m0/s1. The molecule has 0 saturated carbocycles. The van der Waals surface area contributed by atoms with Crippen LogP contribution in [0.4, 0.5) is 0 Å². The SMILES string of the molecule is C=CC[C@H](NS(=O)(=O)C(C)(C)C)c1ccnc(Br)c1. The molecular weight excluding hydrogens is 328 g/mol. The smallest absolute Gasteiger partial charge is 0.217 e. The summed E-state index contributed by atoms with van der Waals surface area (Å²) in [6.45, 7) is 8.69. The first-order valence-corrected chi connectivity index (χ1v) is 8.19. The number of aromatic nitrogens is 1. The Morgan fingerprint density at radius 2 is 2.16 bits per heavy atom. The van der Waals surface area contributed by atoms with E-state index >= 15 is 0 Å². The Labute approximate surface area is 123 Å². The van der Waals surface area contributed by atoms with Crippen LogP contribution in [0.3, 0.4) is 0 Å². The van der Waals surface area contributed by atoms with Crippen LogP contribution in [-0.2, 0) is 10.0 Å². The molecule has 0 aliphatic carbocycles. The molecule has 0 saturated heterocycles. The molecule has 0 spiro atoms. The fraction of sp³-hybridized carbons (Fsp3) is 0.462.